The fraction of sp³-hybridized carbons (Fsp3) is 0.333. The van der Waals surface area contributed by atoms with Crippen LogP contribution in [0.25, 0.3) is 0 Å². The van der Waals surface area contributed by atoms with Crippen LogP contribution >= 0.6 is 11.1 Å². The first kappa shape index (κ1) is 11.5. The molecular weight excluding hydrogens is 208 g/mol. The maximum Gasteiger partial charge on any atom is 0.186 e. The van der Waals surface area contributed by atoms with Gasteiger partial charge in [0.1, 0.15) is 0 Å². The summed E-state index contributed by atoms with van der Waals surface area (Å²) in [6.07, 6.45) is 2.99. The molecule has 1 rings (SSSR count). The van der Waals surface area contributed by atoms with E-state index in [1.807, 2.05) is 12.1 Å². The molecule has 0 fully saturated rings. The molecule has 0 N–H and O–H groups in total. The SMILES string of the molecule is C=CCC[Si](Cl)(CC)c1ccccc1. The minimum atomic E-state index is -1.72. The summed E-state index contributed by atoms with van der Waals surface area (Å²) in [5, 5.41) is 1.35. The molecule has 0 aliphatic carbocycles. The predicted octanol–water partition coefficient (Wildman–Crippen LogP) is 3.67. The zero-order chi connectivity index (χ0) is 10.4. The lowest BCUT2D eigenvalue weighted by Gasteiger charge is -2.22. The first-order valence-corrected chi connectivity index (χ1v) is 8.51. The smallest absolute Gasteiger partial charge is 0.161 e. The minimum Gasteiger partial charge on any atom is -0.161 e. The van der Waals surface area contributed by atoms with Crippen LogP contribution in [-0.4, -0.2) is 7.38 Å². The van der Waals surface area contributed by atoms with Crippen LogP contribution in [0.4, 0.5) is 0 Å². The van der Waals surface area contributed by atoms with Crippen molar-refractivity contribution in [2.45, 2.75) is 25.4 Å². The summed E-state index contributed by atoms with van der Waals surface area (Å²) < 4.78 is 0. The van der Waals surface area contributed by atoms with Gasteiger partial charge in [0.05, 0.1) is 0 Å². The molecule has 0 saturated heterocycles. The van der Waals surface area contributed by atoms with E-state index >= 15 is 0 Å². The molecular formula is C12H17ClSi. The summed E-state index contributed by atoms with van der Waals surface area (Å²) >= 11 is 6.72. The van der Waals surface area contributed by atoms with Crippen molar-refractivity contribution >= 4 is 23.6 Å². The highest BCUT2D eigenvalue weighted by atomic mass is 35.6. The van der Waals surface area contributed by atoms with Gasteiger partial charge in [-0.15, -0.1) is 6.58 Å². The normalized spacial score (nSPS) is 14.7. The van der Waals surface area contributed by atoms with E-state index in [9.17, 15) is 0 Å². The molecule has 2 heteroatoms. The van der Waals surface area contributed by atoms with Gasteiger partial charge in [0.15, 0.2) is 7.38 Å². The fourth-order valence-electron chi connectivity index (χ4n) is 1.59. The highest BCUT2D eigenvalue weighted by Gasteiger charge is 2.29. The standard InChI is InChI=1S/C12H17ClSi/c1-3-5-11-14(13,4-2)12-9-7-6-8-10-12/h3,6-10H,1,4-5,11H2,2H3. The number of hydrogen-bond acceptors (Lipinski definition) is 0. The van der Waals surface area contributed by atoms with Gasteiger partial charge in [-0.1, -0.05) is 43.3 Å². The number of allylic oxidation sites excluding steroid dienone is 1. The van der Waals surface area contributed by atoms with E-state index in [-0.39, 0.29) is 0 Å². The summed E-state index contributed by atoms with van der Waals surface area (Å²) in [6.45, 7) is 5.95. The Morgan fingerprint density at radius 2 is 2.00 bits per heavy atom. The Morgan fingerprint density at radius 3 is 2.50 bits per heavy atom. The van der Waals surface area contributed by atoms with Gasteiger partial charge in [0.25, 0.3) is 0 Å². The van der Waals surface area contributed by atoms with Gasteiger partial charge < -0.3 is 0 Å². The van der Waals surface area contributed by atoms with E-state index in [0.717, 1.165) is 18.5 Å². The average molecular weight is 225 g/mol. The molecule has 0 heterocycles. The van der Waals surface area contributed by atoms with Crippen molar-refractivity contribution in [3.63, 3.8) is 0 Å². The summed E-state index contributed by atoms with van der Waals surface area (Å²) in [7, 11) is -1.72. The van der Waals surface area contributed by atoms with Gasteiger partial charge >= 0.3 is 0 Å². The highest BCUT2D eigenvalue weighted by molar-refractivity contribution is 7.27. The molecule has 1 aromatic rings. The van der Waals surface area contributed by atoms with Crippen molar-refractivity contribution in [3.8, 4) is 0 Å². The monoisotopic (exact) mass is 224 g/mol. The molecule has 0 spiro atoms. The second-order valence-electron chi connectivity index (χ2n) is 3.51. The average Bonchev–Trinajstić information content (AvgIpc) is 2.27. The number of halogens is 1. The van der Waals surface area contributed by atoms with E-state index in [1.54, 1.807) is 0 Å². The Kier molecular flexibility index (Phi) is 4.43. The lowest BCUT2D eigenvalue weighted by atomic mass is 10.4. The topological polar surface area (TPSA) is 0 Å². The van der Waals surface area contributed by atoms with Gasteiger partial charge in [-0.25, -0.2) is 0 Å². The third kappa shape index (κ3) is 2.73. The Labute approximate surface area is 92.3 Å². The second kappa shape index (κ2) is 5.37. The maximum absolute atomic E-state index is 6.72. The molecule has 1 atom stereocenters. The van der Waals surface area contributed by atoms with E-state index in [0.29, 0.717) is 0 Å². The first-order valence-electron chi connectivity index (χ1n) is 5.08. The molecule has 0 nitrogen and oxygen atoms in total. The van der Waals surface area contributed by atoms with Crippen LogP contribution in [0.5, 0.6) is 0 Å². The van der Waals surface area contributed by atoms with Crippen molar-refractivity contribution in [2.24, 2.45) is 0 Å². The Bertz CT molecular complexity index is 284. The summed E-state index contributed by atoms with van der Waals surface area (Å²) in [6, 6.07) is 12.7. The van der Waals surface area contributed by atoms with E-state index in [2.05, 4.69) is 37.8 Å². The molecule has 76 valence electrons. The lowest BCUT2D eigenvalue weighted by molar-refractivity contribution is 1.16. The van der Waals surface area contributed by atoms with E-state index in [4.69, 9.17) is 11.1 Å². The maximum atomic E-state index is 6.72. The second-order valence-corrected chi connectivity index (χ2v) is 9.40. The molecule has 1 unspecified atom stereocenters. The molecule has 0 aliphatic rings. The van der Waals surface area contributed by atoms with Crippen LogP contribution in [0.1, 0.15) is 13.3 Å². The largest absolute Gasteiger partial charge is 0.186 e. The highest BCUT2D eigenvalue weighted by Crippen LogP contribution is 2.22. The van der Waals surface area contributed by atoms with Gasteiger partial charge in [-0.2, -0.15) is 11.1 Å². The molecule has 0 radical (unpaired) electrons. The fourth-order valence-corrected chi connectivity index (χ4v) is 4.80. The minimum absolute atomic E-state index is 1.03. The number of benzene rings is 1. The molecule has 0 bridgehead atoms. The third-order valence-electron chi connectivity index (χ3n) is 2.60. The zero-order valence-electron chi connectivity index (χ0n) is 8.67. The molecule has 0 amide bonds. The number of rotatable bonds is 5. The summed E-state index contributed by atoms with van der Waals surface area (Å²) in [4.78, 5) is 0. The van der Waals surface area contributed by atoms with Crippen molar-refractivity contribution in [1.29, 1.82) is 0 Å². The van der Waals surface area contributed by atoms with Crippen LogP contribution in [0.15, 0.2) is 43.0 Å². The van der Waals surface area contributed by atoms with E-state index < -0.39 is 7.38 Å². The van der Waals surface area contributed by atoms with Gasteiger partial charge in [-0.3, -0.25) is 0 Å². The lowest BCUT2D eigenvalue weighted by Crippen LogP contribution is -2.41. The molecule has 0 aliphatic heterocycles. The van der Waals surface area contributed by atoms with Crippen molar-refractivity contribution in [2.75, 3.05) is 0 Å². The first-order chi connectivity index (χ1) is 6.73. The molecule has 0 aromatic heterocycles. The molecule has 1 aromatic carbocycles. The Balaban J connectivity index is 2.84. The van der Waals surface area contributed by atoms with Crippen molar-refractivity contribution in [1.82, 2.24) is 0 Å². The summed E-state index contributed by atoms with van der Waals surface area (Å²) in [5.41, 5.74) is 0. The van der Waals surface area contributed by atoms with Crippen molar-refractivity contribution in [3.05, 3.63) is 43.0 Å². The van der Waals surface area contributed by atoms with Crippen LogP contribution < -0.4 is 5.19 Å². The molecule has 14 heavy (non-hydrogen) atoms. The van der Waals surface area contributed by atoms with Crippen LogP contribution in [0.3, 0.4) is 0 Å². The quantitative estimate of drug-likeness (QED) is 0.407. The van der Waals surface area contributed by atoms with Gasteiger partial charge in [0.2, 0.25) is 0 Å². The van der Waals surface area contributed by atoms with Gasteiger partial charge in [-0.05, 0) is 23.7 Å². The number of hydrogen-bond donors (Lipinski definition) is 0. The zero-order valence-corrected chi connectivity index (χ0v) is 10.4. The van der Waals surface area contributed by atoms with E-state index in [1.165, 1.54) is 5.19 Å². The van der Waals surface area contributed by atoms with Crippen LogP contribution in [-0.2, 0) is 0 Å². The Hall–Kier alpha value is -0.533. The van der Waals surface area contributed by atoms with Crippen LogP contribution in [0.2, 0.25) is 12.1 Å². The predicted molar refractivity (Wildman–Crippen MR) is 67.8 cm³/mol. The molecule has 0 saturated carbocycles. The third-order valence-corrected chi connectivity index (χ3v) is 8.19. The van der Waals surface area contributed by atoms with Crippen LogP contribution in [0, 0.1) is 0 Å². The Morgan fingerprint density at radius 1 is 1.36 bits per heavy atom. The summed E-state index contributed by atoms with van der Waals surface area (Å²) in [5.74, 6) is 0. The van der Waals surface area contributed by atoms with Crippen molar-refractivity contribution < 1.29 is 0 Å². The van der Waals surface area contributed by atoms with Gasteiger partial charge in [0, 0.05) is 0 Å².